The Morgan fingerprint density at radius 2 is 1.72 bits per heavy atom. The minimum atomic E-state index is -4.51. The zero-order valence-electron chi connectivity index (χ0n) is 25.7. The molecule has 2 aromatic heterocycles. The molecular weight excluding hydrogens is 641 g/mol. The molecule has 0 aliphatic rings. The molecular formula is C29H33F6N6O4P. The van der Waals surface area contributed by atoms with Gasteiger partial charge in [-0.3, -0.25) is 9.36 Å². The molecule has 3 N–H and O–H groups in total. The highest BCUT2D eigenvalue weighted by Gasteiger charge is 2.42. The standard InChI is InChI=1S/C18H23F3N3O4P.C11H10F3N3/c1-9-6-11(15-23-24-16(28-15)17(3,4)29(5,26)27)13(19)7-12(9)18(20,21)8-14(22)10(2)25;1-2-8-3-5-9(6-4-8)17-7-15-10(16-17)11(12,13)14/h6-7,14H,8,22H2,1-5H3,(H,26,27);3-7H,2H2,1H3. The van der Waals surface area contributed by atoms with Crippen molar-refractivity contribution in [2.75, 3.05) is 6.66 Å². The molecule has 0 fully saturated rings. The lowest BCUT2D eigenvalue weighted by Crippen LogP contribution is -2.34. The second-order valence-corrected chi connectivity index (χ2v) is 14.0. The Balaban J connectivity index is 0.000000286. The van der Waals surface area contributed by atoms with Crippen LogP contribution >= 0.6 is 7.37 Å². The summed E-state index contributed by atoms with van der Waals surface area (Å²) in [7, 11) is -3.67. The third kappa shape index (κ3) is 8.28. The van der Waals surface area contributed by atoms with E-state index in [1.165, 1.54) is 20.8 Å². The predicted octanol–water partition coefficient (Wildman–Crippen LogP) is 6.57. The number of halogens is 6. The minimum Gasteiger partial charge on any atom is -0.419 e. The number of aromatic nitrogens is 5. The molecule has 0 bridgehead atoms. The zero-order chi connectivity index (χ0) is 34.8. The molecule has 0 amide bonds. The summed E-state index contributed by atoms with van der Waals surface area (Å²) in [6.07, 6.45) is -3.52. The van der Waals surface area contributed by atoms with Gasteiger partial charge < -0.3 is 15.0 Å². The van der Waals surface area contributed by atoms with Crippen LogP contribution in [0.1, 0.15) is 62.5 Å². The van der Waals surface area contributed by atoms with Gasteiger partial charge in [-0.15, -0.1) is 15.3 Å². The third-order valence-corrected chi connectivity index (χ3v) is 9.54. The lowest BCUT2D eigenvalue weighted by atomic mass is 9.94. The van der Waals surface area contributed by atoms with Gasteiger partial charge in [0, 0.05) is 18.6 Å². The summed E-state index contributed by atoms with van der Waals surface area (Å²) in [6, 6.07) is 7.52. The molecule has 0 radical (unpaired) electrons. The van der Waals surface area contributed by atoms with Gasteiger partial charge in [-0.1, -0.05) is 19.1 Å². The fourth-order valence-electron chi connectivity index (χ4n) is 3.93. The van der Waals surface area contributed by atoms with Crippen LogP contribution in [0.25, 0.3) is 17.1 Å². The first kappa shape index (κ1) is 36.6. The van der Waals surface area contributed by atoms with Crippen LogP contribution in [-0.4, -0.2) is 48.3 Å². The van der Waals surface area contributed by atoms with Gasteiger partial charge in [0.05, 0.1) is 17.3 Å². The third-order valence-electron chi connectivity index (χ3n) is 7.28. The fraction of sp³-hybridized carbons (Fsp3) is 0.414. The van der Waals surface area contributed by atoms with E-state index in [0.29, 0.717) is 11.8 Å². The van der Waals surface area contributed by atoms with Crippen LogP contribution in [0.5, 0.6) is 0 Å². The summed E-state index contributed by atoms with van der Waals surface area (Å²) in [6.45, 7) is 8.44. The van der Waals surface area contributed by atoms with Gasteiger partial charge in [0.1, 0.15) is 23.1 Å². The molecule has 2 heterocycles. The average Bonchev–Trinajstić information content (AvgIpc) is 3.65. The van der Waals surface area contributed by atoms with Gasteiger partial charge in [0.25, 0.3) is 17.6 Å². The van der Waals surface area contributed by atoms with Crippen LogP contribution in [0.4, 0.5) is 26.3 Å². The van der Waals surface area contributed by atoms with Crippen molar-refractivity contribution >= 4 is 13.2 Å². The maximum atomic E-state index is 14.6. The van der Waals surface area contributed by atoms with Gasteiger partial charge in [0.2, 0.25) is 13.3 Å². The zero-order valence-corrected chi connectivity index (χ0v) is 26.6. The Morgan fingerprint density at radius 3 is 2.22 bits per heavy atom. The number of alkyl halides is 5. The van der Waals surface area contributed by atoms with Crippen LogP contribution in [0.3, 0.4) is 0 Å². The summed E-state index contributed by atoms with van der Waals surface area (Å²) < 4.78 is 99.1. The first-order valence-corrected chi connectivity index (χ1v) is 15.9. The molecule has 46 heavy (non-hydrogen) atoms. The molecule has 0 saturated carbocycles. The molecule has 2 aromatic carbocycles. The molecule has 0 aliphatic carbocycles. The van der Waals surface area contributed by atoms with Crippen molar-refractivity contribution in [2.45, 2.75) is 70.8 Å². The number of rotatable bonds is 9. The van der Waals surface area contributed by atoms with Crippen molar-refractivity contribution in [1.82, 2.24) is 25.0 Å². The van der Waals surface area contributed by atoms with Gasteiger partial charge in [0.15, 0.2) is 0 Å². The van der Waals surface area contributed by atoms with Crippen molar-refractivity contribution < 1.29 is 45.0 Å². The average molecular weight is 675 g/mol. The largest absolute Gasteiger partial charge is 0.453 e. The first-order chi connectivity index (χ1) is 21.1. The Morgan fingerprint density at radius 1 is 1.11 bits per heavy atom. The first-order valence-electron chi connectivity index (χ1n) is 13.8. The molecule has 2 unspecified atom stereocenters. The second-order valence-electron chi connectivity index (χ2n) is 11.2. The monoisotopic (exact) mass is 674 g/mol. The van der Waals surface area contributed by atoms with Gasteiger partial charge in [-0.25, -0.2) is 22.8 Å². The smallest absolute Gasteiger partial charge is 0.419 e. The van der Waals surface area contributed by atoms with E-state index < -0.39 is 60.1 Å². The maximum absolute atomic E-state index is 14.6. The van der Waals surface area contributed by atoms with E-state index in [9.17, 15) is 40.6 Å². The molecule has 4 aromatic rings. The Hall–Kier alpha value is -3.88. The highest BCUT2D eigenvalue weighted by atomic mass is 31.2. The number of ketones is 1. The van der Waals surface area contributed by atoms with E-state index in [1.807, 2.05) is 19.1 Å². The Kier molecular flexibility index (Phi) is 10.7. The molecule has 17 heteroatoms. The van der Waals surface area contributed by atoms with E-state index in [-0.39, 0.29) is 22.9 Å². The lowest BCUT2D eigenvalue weighted by Gasteiger charge is -2.23. The number of Topliss-reactive ketones (excluding diaryl/α,β-unsaturated/α-hetero) is 1. The van der Waals surface area contributed by atoms with Crippen molar-refractivity contribution in [3.63, 3.8) is 0 Å². The van der Waals surface area contributed by atoms with Gasteiger partial charge >= 0.3 is 6.18 Å². The van der Waals surface area contributed by atoms with Gasteiger partial charge in [-0.2, -0.15) is 13.2 Å². The number of nitrogens with zero attached hydrogens (tertiary/aromatic N) is 5. The fourth-order valence-corrected chi connectivity index (χ4v) is 4.37. The van der Waals surface area contributed by atoms with Crippen molar-refractivity contribution in [3.05, 3.63) is 76.9 Å². The number of benzene rings is 2. The molecule has 0 aliphatic heterocycles. The summed E-state index contributed by atoms with van der Waals surface area (Å²) in [5.74, 6) is -6.78. The van der Waals surface area contributed by atoms with E-state index >= 15 is 0 Å². The minimum absolute atomic E-state index is 0.0319. The van der Waals surface area contributed by atoms with Crippen LogP contribution in [-0.2, 0) is 33.0 Å². The number of nitrogens with two attached hydrogens (primary N) is 1. The van der Waals surface area contributed by atoms with Crippen LogP contribution < -0.4 is 5.73 Å². The SMILES string of the molecule is CC(=O)C(N)CC(F)(F)c1cc(F)c(-c2nnc(C(C)(C)P(C)(=O)O)o2)cc1C.CCc1ccc(-n2cnc(C(F)(F)F)n2)cc1. The number of carbonyl (C=O) groups excluding carboxylic acids is 1. The maximum Gasteiger partial charge on any atom is 0.453 e. The predicted molar refractivity (Wildman–Crippen MR) is 156 cm³/mol. The molecule has 0 spiro atoms. The molecule has 4 rings (SSSR count). The topological polar surface area (TPSA) is 150 Å². The number of carbonyl (C=O) groups is 1. The van der Waals surface area contributed by atoms with Crippen LogP contribution in [0, 0.1) is 12.7 Å². The quantitative estimate of drug-likeness (QED) is 0.149. The molecule has 250 valence electrons. The Labute approximate surface area is 260 Å². The van der Waals surface area contributed by atoms with Gasteiger partial charge in [-0.05, 0) is 69.5 Å². The number of aryl methyl sites for hydroxylation is 2. The summed E-state index contributed by atoms with van der Waals surface area (Å²) in [5, 5.41) is 9.42. The number of hydrogen-bond acceptors (Lipinski definition) is 8. The highest BCUT2D eigenvalue weighted by molar-refractivity contribution is 7.58. The summed E-state index contributed by atoms with van der Waals surface area (Å²) in [4.78, 5) is 24.3. The number of hydrogen-bond donors (Lipinski definition) is 2. The highest BCUT2D eigenvalue weighted by Crippen LogP contribution is 2.56. The summed E-state index contributed by atoms with van der Waals surface area (Å²) in [5.41, 5.74) is 6.30. The normalized spacial score (nSPS) is 14.3. The van der Waals surface area contributed by atoms with Crippen molar-refractivity contribution in [2.24, 2.45) is 5.73 Å². The van der Waals surface area contributed by atoms with Crippen LogP contribution in [0.2, 0.25) is 0 Å². The van der Waals surface area contributed by atoms with Crippen LogP contribution in [0.15, 0.2) is 47.1 Å². The molecule has 10 nitrogen and oxygen atoms in total. The Bertz CT molecular complexity index is 1730. The second kappa shape index (κ2) is 13.5. The van der Waals surface area contributed by atoms with E-state index in [2.05, 4.69) is 20.3 Å². The molecule has 0 saturated heterocycles. The van der Waals surface area contributed by atoms with Crippen molar-refractivity contribution in [3.8, 4) is 17.1 Å². The van der Waals surface area contributed by atoms with E-state index in [4.69, 9.17) is 10.2 Å². The lowest BCUT2D eigenvalue weighted by molar-refractivity contribution is -0.144. The summed E-state index contributed by atoms with van der Waals surface area (Å²) >= 11 is 0. The van der Waals surface area contributed by atoms with Crippen molar-refractivity contribution in [1.29, 1.82) is 0 Å². The van der Waals surface area contributed by atoms with E-state index in [1.54, 1.807) is 12.1 Å². The molecule has 2 atom stereocenters. The van der Waals surface area contributed by atoms with E-state index in [0.717, 1.165) is 42.6 Å².